The molecule has 0 unspecified atom stereocenters. The molecule has 0 spiro atoms. The van der Waals surface area contributed by atoms with E-state index in [4.69, 9.17) is 4.74 Å². The third-order valence-electron chi connectivity index (χ3n) is 2.09. The molecule has 1 N–H and O–H groups in total. The fourth-order valence-electron chi connectivity index (χ4n) is 1.38. The lowest BCUT2D eigenvalue weighted by molar-refractivity contribution is 0.340. The summed E-state index contributed by atoms with van der Waals surface area (Å²) >= 11 is 0. The monoisotopic (exact) mass is 218 g/mol. The largest absolute Gasteiger partial charge is 0.494 e. The Bertz CT molecular complexity index is 427. The number of nitrogens with zero attached hydrogens (tertiary/aromatic N) is 3. The minimum atomic E-state index is 0.683. The van der Waals surface area contributed by atoms with Crippen LogP contribution in [0, 0.1) is 0 Å². The van der Waals surface area contributed by atoms with Gasteiger partial charge in [0.2, 0.25) is 0 Å². The normalized spacial score (nSPS) is 10.1. The third-order valence-corrected chi connectivity index (χ3v) is 2.09. The van der Waals surface area contributed by atoms with Gasteiger partial charge in [-0.1, -0.05) is 12.1 Å². The van der Waals surface area contributed by atoms with Gasteiger partial charge in [0.05, 0.1) is 13.2 Å². The Morgan fingerprint density at radius 3 is 2.88 bits per heavy atom. The predicted octanol–water partition coefficient (Wildman–Crippen LogP) is 1.42. The number of benzene rings is 1. The molecule has 0 saturated heterocycles. The average Bonchev–Trinajstić information content (AvgIpc) is 2.80. The molecule has 16 heavy (non-hydrogen) atoms. The molecule has 1 heterocycles. The first-order valence-corrected chi connectivity index (χ1v) is 5.18. The smallest absolute Gasteiger partial charge is 0.138 e. The van der Waals surface area contributed by atoms with E-state index in [1.807, 2.05) is 31.2 Å². The summed E-state index contributed by atoms with van der Waals surface area (Å²) < 4.78 is 7.14. The molecule has 1 aromatic heterocycles. The maximum Gasteiger partial charge on any atom is 0.138 e. The Kier molecular flexibility index (Phi) is 3.38. The lowest BCUT2D eigenvalue weighted by Crippen LogP contribution is -2.12. The molecule has 0 amide bonds. The lowest BCUT2D eigenvalue weighted by Gasteiger charge is -2.08. The van der Waals surface area contributed by atoms with E-state index in [-0.39, 0.29) is 0 Å². The minimum Gasteiger partial charge on any atom is -0.494 e. The highest BCUT2D eigenvalue weighted by Gasteiger charge is 1.96. The SMILES string of the molecule is CCOc1cccc(CNn2cnnc2)c1. The highest BCUT2D eigenvalue weighted by atomic mass is 16.5. The summed E-state index contributed by atoms with van der Waals surface area (Å²) in [4.78, 5) is 0. The first-order valence-electron chi connectivity index (χ1n) is 5.18. The molecule has 5 nitrogen and oxygen atoms in total. The standard InChI is InChI=1S/C11H14N4O/c1-2-16-11-5-3-4-10(6-11)7-14-15-8-12-13-9-15/h3-6,8-9,14H,2,7H2,1H3. The molecule has 0 aliphatic heterocycles. The summed E-state index contributed by atoms with van der Waals surface area (Å²) in [6.07, 6.45) is 3.23. The van der Waals surface area contributed by atoms with Crippen molar-refractivity contribution in [2.24, 2.45) is 0 Å². The zero-order chi connectivity index (χ0) is 11.2. The van der Waals surface area contributed by atoms with Crippen molar-refractivity contribution in [3.05, 3.63) is 42.5 Å². The molecule has 0 aliphatic carbocycles. The van der Waals surface area contributed by atoms with Gasteiger partial charge in [0.15, 0.2) is 0 Å². The number of rotatable bonds is 5. The Labute approximate surface area is 94.0 Å². The van der Waals surface area contributed by atoms with Crippen molar-refractivity contribution in [3.63, 3.8) is 0 Å². The van der Waals surface area contributed by atoms with Crippen LogP contribution in [-0.4, -0.2) is 21.5 Å². The van der Waals surface area contributed by atoms with Crippen LogP contribution in [0.1, 0.15) is 12.5 Å². The molecule has 0 fully saturated rings. The maximum absolute atomic E-state index is 5.42. The fourth-order valence-corrected chi connectivity index (χ4v) is 1.38. The molecule has 2 rings (SSSR count). The van der Waals surface area contributed by atoms with Gasteiger partial charge in [-0.05, 0) is 24.6 Å². The zero-order valence-corrected chi connectivity index (χ0v) is 9.13. The average molecular weight is 218 g/mol. The van der Waals surface area contributed by atoms with Gasteiger partial charge in [-0.25, -0.2) is 4.68 Å². The summed E-state index contributed by atoms with van der Waals surface area (Å²) in [5, 5.41) is 7.41. The topological polar surface area (TPSA) is 52.0 Å². The highest BCUT2D eigenvalue weighted by Crippen LogP contribution is 2.13. The van der Waals surface area contributed by atoms with Crippen molar-refractivity contribution in [3.8, 4) is 5.75 Å². The molecule has 5 heteroatoms. The fraction of sp³-hybridized carbons (Fsp3) is 0.273. The van der Waals surface area contributed by atoms with Crippen molar-refractivity contribution >= 4 is 0 Å². The van der Waals surface area contributed by atoms with Gasteiger partial charge < -0.3 is 10.2 Å². The molecule has 1 aromatic carbocycles. The van der Waals surface area contributed by atoms with Gasteiger partial charge in [0, 0.05) is 0 Å². The lowest BCUT2D eigenvalue weighted by atomic mass is 10.2. The van der Waals surface area contributed by atoms with Gasteiger partial charge in [-0.3, -0.25) is 0 Å². The molecular formula is C11H14N4O. The van der Waals surface area contributed by atoms with Crippen LogP contribution in [0.25, 0.3) is 0 Å². The molecule has 84 valence electrons. The van der Waals surface area contributed by atoms with Crippen LogP contribution in [0.15, 0.2) is 36.9 Å². The highest BCUT2D eigenvalue weighted by molar-refractivity contribution is 5.28. The van der Waals surface area contributed by atoms with E-state index < -0.39 is 0 Å². The number of ether oxygens (including phenoxy) is 1. The van der Waals surface area contributed by atoms with Crippen LogP contribution in [0.3, 0.4) is 0 Å². The second kappa shape index (κ2) is 5.16. The van der Waals surface area contributed by atoms with E-state index in [1.165, 1.54) is 0 Å². The van der Waals surface area contributed by atoms with Crippen LogP contribution >= 0.6 is 0 Å². The van der Waals surface area contributed by atoms with E-state index in [9.17, 15) is 0 Å². The Balaban J connectivity index is 1.96. The van der Waals surface area contributed by atoms with Crippen LogP contribution in [-0.2, 0) is 6.54 Å². The number of hydrogen-bond acceptors (Lipinski definition) is 4. The molecule has 0 bridgehead atoms. The summed E-state index contributed by atoms with van der Waals surface area (Å²) in [5.41, 5.74) is 4.30. The molecular weight excluding hydrogens is 204 g/mol. The van der Waals surface area contributed by atoms with Gasteiger partial charge in [-0.15, -0.1) is 10.2 Å². The van der Waals surface area contributed by atoms with Crippen molar-refractivity contribution in [2.45, 2.75) is 13.5 Å². The molecule has 0 atom stereocenters. The molecule has 0 aliphatic rings. The second-order valence-electron chi connectivity index (χ2n) is 3.28. The van der Waals surface area contributed by atoms with E-state index in [0.717, 1.165) is 11.3 Å². The molecule has 0 radical (unpaired) electrons. The summed E-state index contributed by atoms with van der Waals surface area (Å²) in [6.45, 7) is 3.36. The van der Waals surface area contributed by atoms with Gasteiger partial charge >= 0.3 is 0 Å². The van der Waals surface area contributed by atoms with Crippen molar-refractivity contribution in [1.82, 2.24) is 14.9 Å². The van der Waals surface area contributed by atoms with E-state index in [1.54, 1.807) is 17.3 Å². The Hall–Kier alpha value is -2.04. The van der Waals surface area contributed by atoms with Crippen LogP contribution in [0.2, 0.25) is 0 Å². The summed E-state index contributed by atoms with van der Waals surface area (Å²) in [5.74, 6) is 0.894. The van der Waals surface area contributed by atoms with E-state index >= 15 is 0 Å². The number of hydrogen-bond donors (Lipinski definition) is 1. The number of nitrogens with one attached hydrogen (secondary N) is 1. The van der Waals surface area contributed by atoms with Crippen LogP contribution in [0.4, 0.5) is 0 Å². The minimum absolute atomic E-state index is 0.683. The third kappa shape index (κ3) is 2.73. The predicted molar refractivity (Wildman–Crippen MR) is 60.7 cm³/mol. The van der Waals surface area contributed by atoms with Crippen LogP contribution in [0.5, 0.6) is 5.75 Å². The van der Waals surface area contributed by atoms with Gasteiger partial charge in [0.1, 0.15) is 18.4 Å². The summed E-state index contributed by atoms with van der Waals surface area (Å²) in [7, 11) is 0. The first-order chi connectivity index (χ1) is 7.88. The molecule has 0 saturated carbocycles. The second-order valence-corrected chi connectivity index (χ2v) is 3.28. The van der Waals surface area contributed by atoms with Crippen LogP contribution < -0.4 is 10.2 Å². The maximum atomic E-state index is 5.42. The summed E-state index contributed by atoms with van der Waals surface area (Å²) in [6, 6.07) is 7.99. The van der Waals surface area contributed by atoms with Crippen molar-refractivity contribution < 1.29 is 4.74 Å². The Morgan fingerprint density at radius 2 is 2.12 bits per heavy atom. The van der Waals surface area contributed by atoms with Gasteiger partial charge in [-0.2, -0.15) is 0 Å². The van der Waals surface area contributed by atoms with Crippen molar-refractivity contribution in [2.75, 3.05) is 12.0 Å². The first kappa shape index (κ1) is 10.5. The zero-order valence-electron chi connectivity index (χ0n) is 9.13. The van der Waals surface area contributed by atoms with E-state index in [2.05, 4.69) is 15.6 Å². The number of aromatic nitrogens is 3. The van der Waals surface area contributed by atoms with Crippen molar-refractivity contribution in [1.29, 1.82) is 0 Å². The quantitative estimate of drug-likeness (QED) is 0.824. The van der Waals surface area contributed by atoms with Gasteiger partial charge in [0.25, 0.3) is 0 Å². The molecule has 2 aromatic rings. The Morgan fingerprint density at radius 1 is 1.31 bits per heavy atom. The van der Waals surface area contributed by atoms with E-state index in [0.29, 0.717) is 13.2 Å².